The third kappa shape index (κ3) is 8.83. The number of aromatic hydroxyl groups is 2. The highest BCUT2D eigenvalue weighted by Crippen LogP contribution is 2.47. The molecule has 12 heteroatoms. The van der Waals surface area contributed by atoms with Gasteiger partial charge in [0.25, 0.3) is 0 Å². The fourth-order valence-electron chi connectivity index (χ4n) is 10.1. The van der Waals surface area contributed by atoms with E-state index in [9.17, 15) is 19.8 Å². The summed E-state index contributed by atoms with van der Waals surface area (Å²) in [5.74, 6) is -0.484. The second-order valence-electron chi connectivity index (χ2n) is 17.9. The zero-order valence-electron chi connectivity index (χ0n) is 40.4. The number of oxazole rings is 2. The van der Waals surface area contributed by atoms with Crippen molar-refractivity contribution in [1.29, 1.82) is 0 Å². The molecule has 0 saturated carbocycles. The van der Waals surface area contributed by atoms with Gasteiger partial charge in [0.05, 0.1) is 0 Å². The van der Waals surface area contributed by atoms with Crippen molar-refractivity contribution < 1.29 is 28.5 Å². The summed E-state index contributed by atoms with van der Waals surface area (Å²) in [6.45, 7) is 0. The summed E-state index contributed by atoms with van der Waals surface area (Å²) in [5.41, 5.74) is 2.89. The van der Waals surface area contributed by atoms with E-state index in [-0.39, 0.29) is 11.5 Å². The summed E-state index contributed by atoms with van der Waals surface area (Å²) in [6, 6.07) is 78.0. The molecule has 374 valence electrons. The quantitative estimate of drug-likeness (QED) is 0.0723. The molecule has 10 nitrogen and oxygen atoms in total. The molecule has 0 aliphatic carbocycles. The maximum absolute atomic E-state index is 14.1. The van der Waals surface area contributed by atoms with Gasteiger partial charge in [-0.15, -0.1) is 23.2 Å². The Bertz CT molecular complexity index is 3380. The highest BCUT2D eigenvalue weighted by molar-refractivity contribution is 6.22. The van der Waals surface area contributed by atoms with Crippen molar-refractivity contribution in [2.24, 2.45) is 0 Å². The van der Waals surface area contributed by atoms with Crippen molar-refractivity contribution in [3.05, 3.63) is 332 Å². The van der Waals surface area contributed by atoms with Crippen LogP contribution in [0.1, 0.15) is 66.8 Å². The fraction of sp³-hybridized carbons (Fsp3) is 0.0625. The lowest BCUT2D eigenvalue weighted by Crippen LogP contribution is -2.42. The van der Waals surface area contributed by atoms with Crippen LogP contribution in [-0.2, 0) is 11.1 Å². The van der Waals surface area contributed by atoms with Gasteiger partial charge in [0.1, 0.15) is 44.8 Å². The maximum atomic E-state index is 14.1. The topological polar surface area (TPSA) is 129 Å². The van der Waals surface area contributed by atoms with Gasteiger partial charge in [-0.2, -0.15) is 0 Å². The van der Waals surface area contributed by atoms with Crippen LogP contribution >= 0.6 is 23.2 Å². The number of rotatable bonds is 16. The van der Waals surface area contributed by atoms with Crippen molar-refractivity contribution in [3.8, 4) is 34.8 Å². The number of alkyl halides is 2. The fourth-order valence-corrected chi connectivity index (χ4v) is 10.7. The first-order valence-corrected chi connectivity index (χ1v) is 25.2. The molecule has 0 saturated heterocycles. The smallest absolute Gasteiger partial charge is 0.423 e. The highest BCUT2D eigenvalue weighted by Gasteiger charge is 2.45. The van der Waals surface area contributed by atoms with E-state index in [0.717, 1.165) is 33.4 Å². The Kier molecular flexibility index (Phi) is 13.5. The van der Waals surface area contributed by atoms with E-state index in [1.165, 1.54) is 9.13 Å². The minimum absolute atomic E-state index is 0.101. The van der Waals surface area contributed by atoms with Gasteiger partial charge in [0, 0.05) is 0 Å². The summed E-state index contributed by atoms with van der Waals surface area (Å²) < 4.78 is 26.6. The van der Waals surface area contributed by atoms with Crippen molar-refractivity contribution in [3.63, 3.8) is 0 Å². The lowest BCUT2D eigenvalue weighted by Gasteiger charge is -2.36. The Morgan fingerprint density at radius 3 is 0.776 bits per heavy atom. The predicted octanol–water partition coefficient (Wildman–Crippen LogP) is 14.5. The Balaban J connectivity index is 0.794. The number of halogens is 2. The molecule has 0 amide bonds. The van der Waals surface area contributed by atoms with Crippen LogP contribution in [0.25, 0.3) is 0 Å². The van der Waals surface area contributed by atoms with Gasteiger partial charge in [-0.05, 0) is 93.0 Å². The SMILES string of the molecule is O=c1oc(C(Cl)c2ccc(Oc3ccc(Oc4ccc(C(Cl)c5oc(=O)n(C(c6ccccc6)(c6ccccc6)c6ccccc6)c5O)cc4)cc3)cc2)c(O)n1C(c1ccccc1)(c1ccccc1)c1ccccc1. The van der Waals surface area contributed by atoms with Crippen LogP contribution in [0.4, 0.5) is 0 Å². The molecular formula is C64H46Cl2N2O8. The van der Waals surface area contributed by atoms with Crippen molar-refractivity contribution in [2.75, 3.05) is 0 Å². The number of hydrogen-bond donors (Lipinski definition) is 2. The molecule has 2 heterocycles. The zero-order chi connectivity index (χ0) is 52.2. The van der Waals surface area contributed by atoms with E-state index in [2.05, 4.69) is 0 Å². The molecule has 76 heavy (non-hydrogen) atoms. The molecule has 11 rings (SSSR count). The van der Waals surface area contributed by atoms with Gasteiger partial charge >= 0.3 is 11.5 Å². The zero-order valence-corrected chi connectivity index (χ0v) is 41.9. The minimum Gasteiger partial charge on any atom is -0.492 e. The predicted molar refractivity (Wildman–Crippen MR) is 293 cm³/mol. The van der Waals surface area contributed by atoms with Crippen molar-refractivity contribution in [2.45, 2.75) is 21.8 Å². The van der Waals surface area contributed by atoms with E-state index in [0.29, 0.717) is 34.1 Å². The summed E-state index contributed by atoms with van der Waals surface area (Å²) in [4.78, 5) is 28.2. The van der Waals surface area contributed by atoms with Gasteiger partial charge in [0.15, 0.2) is 11.5 Å². The highest BCUT2D eigenvalue weighted by atomic mass is 35.5. The molecule has 0 spiro atoms. The molecule has 0 bridgehead atoms. The Labute approximate surface area is 447 Å². The van der Waals surface area contributed by atoms with Gasteiger partial charge in [-0.25, -0.2) is 18.7 Å². The molecule has 2 unspecified atom stereocenters. The molecule has 9 aromatic carbocycles. The van der Waals surface area contributed by atoms with Gasteiger partial charge in [-0.1, -0.05) is 206 Å². The van der Waals surface area contributed by atoms with Crippen LogP contribution in [0.15, 0.2) is 273 Å². The van der Waals surface area contributed by atoms with Gasteiger partial charge in [-0.3, -0.25) is 0 Å². The third-order valence-corrected chi connectivity index (χ3v) is 14.4. The first-order valence-electron chi connectivity index (χ1n) is 24.3. The van der Waals surface area contributed by atoms with Crippen molar-refractivity contribution in [1.82, 2.24) is 9.13 Å². The largest absolute Gasteiger partial charge is 0.492 e. The Hall–Kier alpha value is -9.22. The summed E-state index contributed by atoms with van der Waals surface area (Å²) in [5, 5.41) is 22.0. The molecule has 2 N–H and O–H groups in total. The molecule has 2 atom stereocenters. The van der Waals surface area contributed by atoms with Crippen LogP contribution < -0.4 is 21.0 Å². The normalized spacial score (nSPS) is 12.4. The van der Waals surface area contributed by atoms with Crippen LogP contribution in [0.3, 0.4) is 0 Å². The Morgan fingerprint density at radius 1 is 0.342 bits per heavy atom. The number of ether oxygens (including phenoxy) is 2. The minimum atomic E-state index is -1.31. The van der Waals surface area contributed by atoms with Gasteiger partial charge in [0.2, 0.25) is 11.8 Å². The molecular weight excluding hydrogens is 996 g/mol. The van der Waals surface area contributed by atoms with E-state index in [1.807, 2.05) is 182 Å². The molecule has 0 radical (unpaired) electrons. The molecule has 0 aliphatic rings. The average Bonchev–Trinajstić information content (AvgIpc) is 4.07. The average molecular weight is 1040 g/mol. The molecule has 0 aliphatic heterocycles. The molecule has 0 fully saturated rings. The molecule has 2 aromatic heterocycles. The van der Waals surface area contributed by atoms with Crippen molar-refractivity contribution >= 4 is 23.2 Å². The monoisotopic (exact) mass is 1040 g/mol. The van der Waals surface area contributed by atoms with Crippen LogP contribution in [0.5, 0.6) is 34.8 Å². The summed E-state index contributed by atoms with van der Waals surface area (Å²) in [6.07, 6.45) is 0. The first kappa shape index (κ1) is 49.0. The maximum Gasteiger partial charge on any atom is 0.423 e. The molecule has 11 aromatic rings. The second kappa shape index (κ2) is 21.0. The summed E-state index contributed by atoms with van der Waals surface area (Å²) >= 11 is 14.1. The van der Waals surface area contributed by atoms with Crippen LogP contribution in [-0.4, -0.2) is 19.3 Å². The second-order valence-corrected chi connectivity index (χ2v) is 18.8. The number of aromatic nitrogens is 2. The first-order chi connectivity index (χ1) is 37.2. The lowest BCUT2D eigenvalue weighted by atomic mass is 9.76. The van der Waals surface area contributed by atoms with Gasteiger partial charge < -0.3 is 28.5 Å². The third-order valence-electron chi connectivity index (χ3n) is 13.5. The number of benzene rings is 9. The Morgan fingerprint density at radius 2 is 0.553 bits per heavy atom. The van der Waals surface area contributed by atoms with E-state index >= 15 is 0 Å². The van der Waals surface area contributed by atoms with E-state index in [1.54, 1.807) is 72.8 Å². The lowest BCUT2D eigenvalue weighted by molar-refractivity contribution is 0.365. The number of nitrogens with zero attached hydrogens (tertiary/aromatic N) is 2. The standard InChI is InChI=1S/C64H46Cl2N2O8/c65-55(57-59(69)67(61(71)75-57)63(45-19-7-1-8-20-45,46-21-9-2-10-22-46)47-23-11-3-12-24-47)43-31-35-51(36-32-43)73-53-39-41-54(42-40-53)74-52-37-33-44(34-38-52)56(66)58-60(70)68(62(72)76-58)64(48-25-13-4-14-26-48,49-27-15-5-16-28-49)50-29-17-6-18-30-50/h1-42,55-56,69-70H. The van der Waals surface area contributed by atoms with E-state index < -0.39 is 45.1 Å². The number of hydrogen-bond acceptors (Lipinski definition) is 8. The summed E-state index contributed by atoms with van der Waals surface area (Å²) in [7, 11) is 0. The van der Waals surface area contributed by atoms with E-state index in [4.69, 9.17) is 41.5 Å². The van der Waals surface area contributed by atoms with Crippen LogP contribution in [0, 0.1) is 0 Å². The van der Waals surface area contributed by atoms with Crippen LogP contribution in [0.2, 0.25) is 0 Å².